The van der Waals surface area contributed by atoms with Crippen LogP contribution < -0.4 is 4.74 Å². The van der Waals surface area contributed by atoms with E-state index < -0.39 is 0 Å². The Hall–Kier alpha value is -1.55. The van der Waals surface area contributed by atoms with Gasteiger partial charge < -0.3 is 14.4 Å². The lowest BCUT2D eigenvalue weighted by atomic mass is 10.1. The molecule has 0 aromatic heterocycles. The summed E-state index contributed by atoms with van der Waals surface area (Å²) in [4.78, 5) is 13.8. The molecule has 1 aromatic rings. The number of amides is 1. The van der Waals surface area contributed by atoms with Gasteiger partial charge in [0.2, 0.25) is 0 Å². The lowest BCUT2D eigenvalue weighted by molar-refractivity contribution is -0.135. The van der Waals surface area contributed by atoms with Crippen molar-refractivity contribution < 1.29 is 14.3 Å². The second kappa shape index (κ2) is 6.57. The molecular weight excluding hydrogens is 242 g/mol. The van der Waals surface area contributed by atoms with Crippen LogP contribution in [0.1, 0.15) is 18.4 Å². The molecule has 19 heavy (non-hydrogen) atoms. The number of hydrogen-bond donors (Lipinski definition) is 0. The Labute approximate surface area is 114 Å². The van der Waals surface area contributed by atoms with Crippen LogP contribution >= 0.6 is 0 Å². The molecule has 1 aliphatic rings. The summed E-state index contributed by atoms with van der Waals surface area (Å²) in [5, 5.41) is 0. The van der Waals surface area contributed by atoms with E-state index in [1.165, 1.54) is 5.56 Å². The molecule has 0 saturated carbocycles. The number of hydrogen-bond acceptors (Lipinski definition) is 3. The first kappa shape index (κ1) is 13.9. The van der Waals surface area contributed by atoms with E-state index in [1.807, 2.05) is 36.1 Å². The van der Waals surface area contributed by atoms with E-state index in [1.54, 1.807) is 7.11 Å². The highest BCUT2D eigenvalue weighted by Crippen LogP contribution is 2.14. The first-order chi connectivity index (χ1) is 9.19. The molecule has 1 saturated heterocycles. The quantitative estimate of drug-likeness (QED) is 0.834. The summed E-state index contributed by atoms with van der Waals surface area (Å²) in [7, 11) is 1.72. The Bertz CT molecular complexity index is 408. The summed E-state index contributed by atoms with van der Waals surface area (Å²) in [6.45, 7) is 3.65. The maximum atomic E-state index is 12.0. The minimum Gasteiger partial charge on any atom is -0.484 e. The summed E-state index contributed by atoms with van der Waals surface area (Å²) in [5.41, 5.74) is 1.18. The van der Waals surface area contributed by atoms with Crippen LogP contribution in [0.15, 0.2) is 24.3 Å². The number of methoxy groups -OCH3 is 1. The second-order valence-corrected chi connectivity index (χ2v) is 4.92. The van der Waals surface area contributed by atoms with Gasteiger partial charge in [-0.2, -0.15) is 0 Å². The standard InChI is InChI=1S/C15H21NO3/c1-12-3-5-14(6-4-12)19-11-15(17)16-9-7-13(18-2)8-10-16/h3-6,13H,7-11H2,1-2H3. The lowest BCUT2D eigenvalue weighted by Crippen LogP contribution is -2.42. The fraction of sp³-hybridized carbons (Fsp3) is 0.533. The van der Waals surface area contributed by atoms with Gasteiger partial charge in [-0.3, -0.25) is 4.79 Å². The Morgan fingerprint density at radius 2 is 1.89 bits per heavy atom. The van der Waals surface area contributed by atoms with E-state index in [0.717, 1.165) is 31.7 Å². The van der Waals surface area contributed by atoms with Crippen LogP contribution in [-0.4, -0.2) is 43.7 Å². The molecule has 1 aliphatic heterocycles. The topological polar surface area (TPSA) is 38.8 Å². The number of aryl methyl sites for hydroxylation is 1. The highest BCUT2D eigenvalue weighted by atomic mass is 16.5. The molecule has 1 amide bonds. The van der Waals surface area contributed by atoms with Crippen LogP contribution in [0.25, 0.3) is 0 Å². The molecule has 0 N–H and O–H groups in total. The van der Waals surface area contributed by atoms with Gasteiger partial charge in [-0.05, 0) is 31.9 Å². The number of nitrogens with zero attached hydrogens (tertiary/aromatic N) is 1. The van der Waals surface area contributed by atoms with Crippen LogP contribution in [0, 0.1) is 6.92 Å². The van der Waals surface area contributed by atoms with Gasteiger partial charge in [0.25, 0.3) is 5.91 Å². The molecule has 0 radical (unpaired) electrons. The Kier molecular flexibility index (Phi) is 4.80. The number of ether oxygens (including phenoxy) is 2. The molecule has 1 aromatic carbocycles. The predicted molar refractivity (Wildman–Crippen MR) is 73.3 cm³/mol. The largest absolute Gasteiger partial charge is 0.484 e. The molecule has 2 rings (SSSR count). The second-order valence-electron chi connectivity index (χ2n) is 4.92. The zero-order chi connectivity index (χ0) is 13.7. The third-order valence-corrected chi connectivity index (χ3v) is 3.51. The molecule has 0 spiro atoms. The fourth-order valence-corrected chi connectivity index (χ4v) is 2.21. The molecular formula is C15H21NO3. The zero-order valence-corrected chi connectivity index (χ0v) is 11.6. The number of carbonyl (C=O) groups excluding carboxylic acids is 1. The SMILES string of the molecule is COC1CCN(C(=O)COc2ccc(C)cc2)CC1. The van der Waals surface area contributed by atoms with E-state index >= 15 is 0 Å². The first-order valence-corrected chi connectivity index (χ1v) is 6.69. The van der Waals surface area contributed by atoms with Crippen molar-refractivity contribution in [2.45, 2.75) is 25.9 Å². The minimum atomic E-state index is 0.0510. The normalized spacial score (nSPS) is 16.4. The van der Waals surface area contributed by atoms with Gasteiger partial charge in [-0.15, -0.1) is 0 Å². The average Bonchev–Trinajstić information content (AvgIpc) is 2.46. The summed E-state index contributed by atoms with van der Waals surface area (Å²) in [6, 6.07) is 7.73. The number of benzene rings is 1. The monoisotopic (exact) mass is 263 g/mol. The third-order valence-electron chi connectivity index (χ3n) is 3.51. The van der Waals surface area contributed by atoms with Crippen LogP contribution in [0.2, 0.25) is 0 Å². The Balaban J connectivity index is 1.77. The maximum Gasteiger partial charge on any atom is 0.260 e. The van der Waals surface area contributed by atoms with E-state index in [4.69, 9.17) is 9.47 Å². The van der Waals surface area contributed by atoms with Gasteiger partial charge in [0.1, 0.15) is 5.75 Å². The summed E-state index contributed by atoms with van der Waals surface area (Å²) in [6.07, 6.45) is 2.11. The van der Waals surface area contributed by atoms with Crippen molar-refractivity contribution in [3.63, 3.8) is 0 Å². The van der Waals surface area contributed by atoms with E-state index in [2.05, 4.69) is 0 Å². The summed E-state index contributed by atoms with van der Waals surface area (Å²) in [5.74, 6) is 0.792. The molecule has 4 heteroatoms. The van der Waals surface area contributed by atoms with Crippen molar-refractivity contribution in [2.75, 3.05) is 26.8 Å². The van der Waals surface area contributed by atoms with Gasteiger partial charge >= 0.3 is 0 Å². The third kappa shape index (κ3) is 3.96. The number of likely N-dealkylation sites (tertiary alicyclic amines) is 1. The van der Waals surface area contributed by atoms with Crippen molar-refractivity contribution in [3.05, 3.63) is 29.8 Å². The summed E-state index contributed by atoms with van der Waals surface area (Å²) >= 11 is 0. The summed E-state index contributed by atoms with van der Waals surface area (Å²) < 4.78 is 10.8. The number of carbonyl (C=O) groups is 1. The first-order valence-electron chi connectivity index (χ1n) is 6.69. The van der Waals surface area contributed by atoms with Gasteiger partial charge in [-0.1, -0.05) is 17.7 Å². The van der Waals surface area contributed by atoms with Crippen molar-refractivity contribution >= 4 is 5.91 Å². The van der Waals surface area contributed by atoms with E-state index in [9.17, 15) is 4.79 Å². The molecule has 1 heterocycles. The molecule has 104 valence electrons. The van der Waals surface area contributed by atoms with E-state index in [-0.39, 0.29) is 12.5 Å². The molecule has 0 aliphatic carbocycles. The van der Waals surface area contributed by atoms with Crippen molar-refractivity contribution in [3.8, 4) is 5.75 Å². The molecule has 1 fully saturated rings. The Morgan fingerprint density at radius 3 is 2.47 bits per heavy atom. The van der Waals surface area contributed by atoms with Crippen LogP contribution in [0.4, 0.5) is 0 Å². The number of piperidine rings is 1. The molecule has 0 unspecified atom stereocenters. The zero-order valence-electron chi connectivity index (χ0n) is 11.6. The van der Waals surface area contributed by atoms with Crippen LogP contribution in [0.3, 0.4) is 0 Å². The molecule has 0 bridgehead atoms. The van der Waals surface area contributed by atoms with Crippen LogP contribution in [0.5, 0.6) is 5.75 Å². The van der Waals surface area contributed by atoms with E-state index in [0.29, 0.717) is 6.10 Å². The van der Waals surface area contributed by atoms with Gasteiger partial charge in [0.05, 0.1) is 6.10 Å². The lowest BCUT2D eigenvalue weighted by Gasteiger charge is -2.31. The smallest absolute Gasteiger partial charge is 0.260 e. The Morgan fingerprint density at radius 1 is 1.26 bits per heavy atom. The van der Waals surface area contributed by atoms with Crippen LogP contribution in [-0.2, 0) is 9.53 Å². The maximum absolute atomic E-state index is 12.0. The van der Waals surface area contributed by atoms with Crippen molar-refractivity contribution in [2.24, 2.45) is 0 Å². The number of rotatable bonds is 4. The highest BCUT2D eigenvalue weighted by Gasteiger charge is 2.22. The van der Waals surface area contributed by atoms with Gasteiger partial charge in [-0.25, -0.2) is 0 Å². The fourth-order valence-electron chi connectivity index (χ4n) is 2.21. The predicted octanol–water partition coefficient (Wildman–Crippen LogP) is 2.01. The molecule has 4 nitrogen and oxygen atoms in total. The average molecular weight is 263 g/mol. The van der Waals surface area contributed by atoms with Crippen molar-refractivity contribution in [1.82, 2.24) is 4.90 Å². The van der Waals surface area contributed by atoms with Crippen molar-refractivity contribution in [1.29, 1.82) is 0 Å². The van der Waals surface area contributed by atoms with Gasteiger partial charge in [0, 0.05) is 20.2 Å². The molecule has 0 atom stereocenters. The minimum absolute atomic E-state index is 0.0510. The van der Waals surface area contributed by atoms with Gasteiger partial charge in [0.15, 0.2) is 6.61 Å². The highest BCUT2D eigenvalue weighted by molar-refractivity contribution is 5.77.